The standard InChI is InChI=1S/C14H15F3O6/c1-21-12(19)10(11(18)13(20)22-2)7-8-3-5-9(6-4-8)23-14(15,16)17/h3-6,10-11,18H,7H2,1-2H3/t10?,11-/m0/s1. The quantitative estimate of drug-likeness (QED) is 0.792. The molecule has 0 amide bonds. The summed E-state index contributed by atoms with van der Waals surface area (Å²) >= 11 is 0. The van der Waals surface area contributed by atoms with Crippen LogP contribution in [0.25, 0.3) is 0 Å². The fraction of sp³-hybridized carbons (Fsp3) is 0.429. The molecular formula is C14H15F3O6. The zero-order valence-corrected chi connectivity index (χ0v) is 12.3. The van der Waals surface area contributed by atoms with Crippen molar-refractivity contribution in [1.82, 2.24) is 0 Å². The first-order valence-corrected chi connectivity index (χ1v) is 6.36. The van der Waals surface area contributed by atoms with Crippen LogP contribution in [0.1, 0.15) is 5.56 Å². The van der Waals surface area contributed by atoms with Gasteiger partial charge in [-0.15, -0.1) is 13.2 Å². The van der Waals surface area contributed by atoms with Gasteiger partial charge < -0.3 is 19.3 Å². The lowest BCUT2D eigenvalue weighted by Gasteiger charge is -2.19. The maximum absolute atomic E-state index is 12.1. The van der Waals surface area contributed by atoms with Gasteiger partial charge in [0.05, 0.1) is 20.1 Å². The first-order chi connectivity index (χ1) is 10.7. The number of aliphatic hydroxyl groups excluding tert-OH is 1. The molecule has 0 heterocycles. The molecule has 1 rings (SSSR count). The Morgan fingerprint density at radius 3 is 2.04 bits per heavy atom. The van der Waals surface area contributed by atoms with Gasteiger partial charge in [-0.25, -0.2) is 4.79 Å². The predicted molar refractivity (Wildman–Crippen MR) is 70.4 cm³/mol. The Morgan fingerprint density at radius 2 is 1.61 bits per heavy atom. The molecule has 0 saturated carbocycles. The zero-order chi connectivity index (χ0) is 17.6. The van der Waals surface area contributed by atoms with Gasteiger partial charge in [0.15, 0.2) is 6.10 Å². The minimum Gasteiger partial charge on any atom is -0.469 e. The summed E-state index contributed by atoms with van der Waals surface area (Å²) < 4.78 is 48.8. The molecular weight excluding hydrogens is 321 g/mol. The normalized spacial score (nSPS) is 13.8. The van der Waals surface area contributed by atoms with Gasteiger partial charge in [0.1, 0.15) is 5.75 Å². The van der Waals surface area contributed by atoms with E-state index >= 15 is 0 Å². The Balaban J connectivity index is 2.87. The van der Waals surface area contributed by atoms with Crippen LogP contribution in [-0.4, -0.2) is 43.7 Å². The second-order valence-corrected chi connectivity index (χ2v) is 4.49. The number of esters is 2. The van der Waals surface area contributed by atoms with Crippen molar-refractivity contribution in [2.24, 2.45) is 5.92 Å². The van der Waals surface area contributed by atoms with Crippen molar-refractivity contribution in [3.8, 4) is 5.75 Å². The molecule has 0 aliphatic rings. The van der Waals surface area contributed by atoms with Crippen molar-refractivity contribution in [1.29, 1.82) is 0 Å². The molecule has 0 fully saturated rings. The molecule has 0 radical (unpaired) electrons. The van der Waals surface area contributed by atoms with Crippen LogP contribution < -0.4 is 4.74 Å². The van der Waals surface area contributed by atoms with E-state index < -0.39 is 36.1 Å². The third kappa shape index (κ3) is 5.78. The van der Waals surface area contributed by atoms with E-state index in [2.05, 4.69) is 14.2 Å². The molecule has 23 heavy (non-hydrogen) atoms. The van der Waals surface area contributed by atoms with E-state index in [0.717, 1.165) is 26.4 Å². The highest BCUT2D eigenvalue weighted by Crippen LogP contribution is 2.24. The largest absolute Gasteiger partial charge is 0.573 e. The molecule has 0 saturated heterocycles. The summed E-state index contributed by atoms with van der Waals surface area (Å²) in [5.74, 6) is -3.54. The summed E-state index contributed by atoms with van der Waals surface area (Å²) in [6.07, 6.45) is -6.69. The Kier molecular flexibility index (Phi) is 6.38. The zero-order valence-electron chi connectivity index (χ0n) is 12.3. The highest BCUT2D eigenvalue weighted by molar-refractivity contribution is 5.83. The number of hydrogen-bond acceptors (Lipinski definition) is 6. The lowest BCUT2D eigenvalue weighted by atomic mass is 9.94. The minimum absolute atomic E-state index is 0.130. The number of methoxy groups -OCH3 is 2. The number of carbonyl (C=O) groups excluding carboxylic acids is 2. The SMILES string of the molecule is COC(=O)C(Cc1ccc(OC(F)(F)F)cc1)[C@H](O)C(=O)OC. The van der Waals surface area contributed by atoms with E-state index in [1.165, 1.54) is 12.1 Å². The molecule has 2 atom stereocenters. The van der Waals surface area contributed by atoms with E-state index in [9.17, 15) is 27.9 Å². The van der Waals surface area contributed by atoms with Crippen molar-refractivity contribution in [3.05, 3.63) is 29.8 Å². The summed E-state index contributed by atoms with van der Waals surface area (Å²) in [7, 11) is 2.13. The molecule has 9 heteroatoms. The minimum atomic E-state index is -4.81. The number of halogens is 3. The predicted octanol–water partition coefficient (Wildman–Crippen LogP) is 1.45. The van der Waals surface area contributed by atoms with Crippen LogP contribution in [0.3, 0.4) is 0 Å². The van der Waals surface area contributed by atoms with Crippen LogP contribution >= 0.6 is 0 Å². The van der Waals surface area contributed by atoms with Crippen molar-refractivity contribution in [2.75, 3.05) is 14.2 Å². The summed E-state index contributed by atoms with van der Waals surface area (Å²) in [4.78, 5) is 23.0. The summed E-state index contributed by atoms with van der Waals surface area (Å²) in [5, 5.41) is 9.80. The highest BCUT2D eigenvalue weighted by atomic mass is 19.4. The molecule has 0 aliphatic carbocycles. The average molecular weight is 336 g/mol. The summed E-state index contributed by atoms with van der Waals surface area (Å²) in [5.41, 5.74) is 0.401. The Bertz CT molecular complexity index is 540. The van der Waals surface area contributed by atoms with Gasteiger partial charge in [-0.05, 0) is 24.1 Å². The number of aliphatic hydroxyl groups is 1. The van der Waals surface area contributed by atoms with E-state index in [0.29, 0.717) is 5.56 Å². The second kappa shape index (κ2) is 7.82. The molecule has 6 nitrogen and oxygen atoms in total. The lowest BCUT2D eigenvalue weighted by molar-refractivity contribution is -0.274. The van der Waals surface area contributed by atoms with Gasteiger partial charge in [0.2, 0.25) is 0 Å². The molecule has 0 aromatic heterocycles. The second-order valence-electron chi connectivity index (χ2n) is 4.49. The number of benzene rings is 1. The first-order valence-electron chi connectivity index (χ1n) is 6.36. The van der Waals surface area contributed by atoms with Gasteiger partial charge in [-0.3, -0.25) is 4.79 Å². The molecule has 1 aromatic rings. The van der Waals surface area contributed by atoms with Crippen LogP contribution in [0.4, 0.5) is 13.2 Å². The lowest BCUT2D eigenvalue weighted by Crippen LogP contribution is -2.37. The van der Waals surface area contributed by atoms with Crippen molar-refractivity contribution in [3.63, 3.8) is 0 Å². The number of carbonyl (C=O) groups is 2. The van der Waals surface area contributed by atoms with E-state index in [-0.39, 0.29) is 6.42 Å². The van der Waals surface area contributed by atoms with Gasteiger partial charge in [0.25, 0.3) is 0 Å². The third-order valence-electron chi connectivity index (χ3n) is 2.94. The highest BCUT2D eigenvalue weighted by Gasteiger charge is 2.34. The molecule has 1 aromatic carbocycles. The Hall–Kier alpha value is -2.29. The van der Waals surface area contributed by atoms with Crippen LogP contribution in [0.5, 0.6) is 5.75 Å². The molecule has 0 aliphatic heterocycles. The number of alkyl halides is 3. The molecule has 0 bridgehead atoms. The monoisotopic (exact) mass is 336 g/mol. The molecule has 1 N–H and O–H groups in total. The summed E-state index contributed by atoms with van der Waals surface area (Å²) in [6.45, 7) is 0. The van der Waals surface area contributed by atoms with Crippen LogP contribution in [-0.2, 0) is 25.5 Å². The number of rotatable bonds is 6. The van der Waals surface area contributed by atoms with E-state index in [1.54, 1.807) is 0 Å². The Morgan fingerprint density at radius 1 is 1.09 bits per heavy atom. The molecule has 128 valence electrons. The van der Waals surface area contributed by atoms with Crippen molar-refractivity contribution >= 4 is 11.9 Å². The van der Waals surface area contributed by atoms with Crippen molar-refractivity contribution < 1.29 is 42.1 Å². The molecule has 0 spiro atoms. The van der Waals surface area contributed by atoms with Gasteiger partial charge in [-0.1, -0.05) is 12.1 Å². The maximum Gasteiger partial charge on any atom is 0.573 e. The number of ether oxygens (including phenoxy) is 3. The third-order valence-corrected chi connectivity index (χ3v) is 2.94. The van der Waals surface area contributed by atoms with Crippen LogP contribution in [0, 0.1) is 5.92 Å². The van der Waals surface area contributed by atoms with Crippen LogP contribution in [0.15, 0.2) is 24.3 Å². The van der Waals surface area contributed by atoms with Crippen molar-refractivity contribution in [2.45, 2.75) is 18.9 Å². The fourth-order valence-electron chi connectivity index (χ4n) is 1.84. The van der Waals surface area contributed by atoms with E-state index in [4.69, 9.17) is 0 Å². The van der Waals surface area contributed by atoms with Gasteiger partial charge >= 0.3 is 18.3 Å². The van der Waals surface area contributed by atoms with Gasteiger partial charge in [-0.2, -0.15) is 0 Å². The Labute approximate surface area is 129 Å². The topological polar surface area (TPSA) is 82.1 Å². The van der Waals surface area contributed by atoms with Gasteiger partial charge in [0, 0.05) is 0 Å². The fourth-order valence-corrected chi connectivity index (χ4v) is 1.84. The average Bonchev–Trinajstić information content (AvgIpc) is 2.50. The first kappa shape index (κ1) is 18.8. The summed E-state index contributed by atoms with van der Waals surface area (Å²) in [6, 6.07) is 4.67. The van der Waals surface area contributed by atoms with E-state index in [1.807, 2.05) is 0 Å². The molecule has 1 unspecified atom stereocenters. The number of hydrogen-bond donors (Lipinski definition) is 1. The maximum atomic E-state index is 12.1. The smallest absolute Gasteiger partial charge is 0.469 e. The van der Waals surface area contributed by atoms with Crippen LogP contribution in [0.2, 0.25) is 0 Å².